The van der Waals surface area contributed by atoms with Crippen LogP contribution < -0.4 is 10.6 Å². The van der Waals surface area contributed by atoms with Crippen molar-refractivity contribution in [3.05, 3.63) is 41.6 Å². The molecule has 0 aliphatic carbocycles. The summed E-state index contributed by atoms with van der Waals surface area (Å²) >= 11 is 0. The van der Waals surface area contributed by atoms with Crippen LogP contribution >= 0.6 is 0 Å². The van der Waals surface area contributed by atoms with Crippen molar-refractivity contribution in [3.8, 4) is 5.69 Å². The lowest BCUT2D eigenvalue weighted by Crippen LogP contribution is -2.47. The second kappa shape index (κ2) is 11.7. The first-order chi connectivity index (χ1) is 15.9. The fourth-order valence-corrected chi connectivity index (χ4v) is 3.21. The standard InChI is InChI=1S/C25H37N5O4/c1-8-34-23(32)14-26-24(33)29(15-17(2)3)16-22(31)27-21-13-20(25(5,6)7)28-30(21)19-11-9-18(4)10-12-19/h9-13,17H,8,14-16H2,1-7H3,(H,26,33)(H,27,31). The largest absolute Gasteiger partial charge is 0.465 e. The number of hydrogen-bond acceptors (Lipinski definition) is 5. The summed E-state index contributed by atoms with van der Waals surface area (Å²) in [4.78, 5) is 38.6. The maximum Gasteiger partial charge on any atom is 0.325 e. The molecule has 1 aromatic heterocycles. The van der Waals surface area contributed by atoms with E-state index in [4.69, 9.17) is 9.84 Å². The number of urea groups is 1. The van der Waals surface area contributed by atoms with E-state index < -0.39 is 12.0 Å². The summed E-state index contributed by atoms with van der Waals surface area (Å²) in [6.07, 6.45) is 0. The molecule has 1 aromatic carbocycles. The number of ether oxygens (including phenoxy) is 1. The smallest absolute Gasteiger partial charge is 0.325 e. The van der Waals surface area contributed by atoms with E-state index in [2.05, 4.69) is 31.4 Å². The van der Waals surface area contributed by atoms with Gasteiger partial charge in [0.1, 0.15) is 18.9 Å². The Kier molecular flexibility index (Phi) is 9.23. The van der Waals surface area contributed by atoms with E-state index >= 15 is 0 Å². The molecule has 2 N–H and O–H groups in total. The number of rotatable bonds is 9. The van der Waals surface area contributed by atoms with Crippen molar-refractivity contribution in [1.29, 1.82) is 0 Å². The van der Waals surface area contributed by atoms with Gasteiger partial charge in [-0.15, -0.1) is 0 Å². The van der Waals surface area contributed by atoms with E-state index in [-0.39, 0.29) is 36.9 Å². The van der Waals surface area contributed by atoms with Crippen LogP contribution in [-0.2, 0) is 19.7 Å². The highest BCUT2D eigenvalue weighted by molar-refractivity contribution is 5.94. The molecular weight excluding hydrogens is 434 g/mol. The number of carbonyl (C=O) groups excluding carboxylic acids is 3. The molecule has 0 saturated heterocycles. The van der Waals surface area contributed by atoms with Crippen LogP contribution in [-0.4, -0.2) is 58.8 Å². The van der Waals surface area contributed by atoms with Crippen molar-refractivity contribution in [2.75, 3.05) is 31.6 Å². The van der Waals surface area contributed by atoms with Gasteiger partial charge in [-0.05, 0) is 31.9 Å². The predicted molar refractivity (Wildman–Crippen MR) is 132 cm³/mol. The Hall–Kier alpha value is -3.36. The van der Waals surface area contributed by atoms with Gasteiger partial charge in [0, 0.05) is 18.0 Å². The van der Waals surface area contributed by atoms with Crippen LogP contribution in [0.4, 0.5) is 10.6 Å². The lowest BCUT2D eigenvalue weighted by molar-refractivity contribution is -0.141. The highest BCUT2D eigenvalue weighted by atomic mass is 16.5. The quantitative estimate of drug-likeness (QED) is 0.543. The Morgan fingerprint density at radius 1 is 1.15 bits per heavy atom. The van der Waals surface area contributed by atoms with E-state index in [0.717, 1.165) is 16.9 Å². The van der Waals surface area contributed by atoms with Crippen molar-refractivity contribution in [2.24, 2.45) is 5.92 Å². The Labute approximate surface area is 201 Å². The summed E-state index contributed by atoms with van der Waals surface area (Å²) in [5.74, 6) is -0.232. The van der Waals surface area contributed by atoms with Crippen LogP contribution in [0.3, 0.4) is 0 Å². The number of carbonyl (C=O) groups is 3. The molecule has 0 spiro atoms. The number of anilines is 1. The molecule has 9 heteroatoms. The fourth-order valence-electron chi connectivity index (χ4n) is 3.21. The average Bonchev–Trinajstić information content (AvgIpc) is 3.16. The van der Waals surface area contributed by atoms with E-state index in [0.29, 0.717) is 12.4 Å². The van der Waals surface area contributed by atoms with E-state index in [1.807, 2.05) is 51.1 Å². The molecule has 0 aliphatic rings. The summed E-state index contributed by atoms with van der Waals surface area (Å²) in [5, 5.41) is 10.2. The number of nitrogens with zero attached hydrogens (tertiary/aromatic N) is 3. The van der Waals surface area contributed by atoms with Gasteiger partial charge in [0.15, 0.2) is 0 Å². The first-order valence-corrected chi connectivity index (χ1v) is 11.6. The summed E-state index contributed by atoms with van der Waals surface area (Å²) in [5.41, 5.74) is 2.56. The number of benzene rings is 1. The molecule has 1 heterocycles. The van der Waals surface area contributed by atoms with Crippen molar-refractivity contribution < 1.29 is 19.1 Å². The van der Waals surface area contributed by atoms with Gasteiger partial charge in [-0.3, -0.25) is 9.59 Å². The molecule has 2 rings (SSSR count). The van der Waals surface area contributed by atoms with Gasteiger partial charge in [-0.1, -0.05) is 52.3 Å². The normalized spacial score (nSPS) is 11.3. The Balaban J connectivity index is 2.21. The van der Waals surface area contributed by atoms with Crippen LogP contribution in [0.5, 0.6) is 0 Å². The van der Waals surface area contributed by atoms with Crippen LogP contribution in [0.25, 0.3) is 5.69 Å². The van der Waals surface area contributed by atoms with Gasteiger partial charge in [0.05, 0.1) is 18.0 Å². The summed E-state index contributed by atoms with van der Waals surface area (Å²) in [6.45, 7) is 13.9. The van der Waals surface area contributed by atoms with Gasteiger partial charge in [0.25, 0.3) is 0 Å². The van der Waals surface area contributed by atoms with Crippen molar-refractivity contribution in [1.82, 2.24) is 20.0 Å². The minimum atomic E-state index is -0.526. The average molecular weight is 472 g/mol. The lowest BCUT2D eigenvalue weighted by Gasteiger charge is -2.24. The topological polar surface area (TPSA) is 106 Å². The molecule has 3 amide bonds. The van der Waals surface area contributed by atoms with Crippen LogP contribution in [0.15, 0.2) is 30.3 Å². The van der Waals surface area contributed by atoms with Crippen LogP contribution in [0.2, 0.25) is 0 Å². The van der Waals surface area contributed by atoms with Crippen LogP contribution in [0, 0.1) is 12.8 Å². The van der Waals surface area contributed by atoms with Gasteiger partial charge < -0.3 is 20.3 Å². The van der Waals surface area contributed by atoms with E-state index in [1.165, 1.54) is 4.90 Å². The maximum atomic E-state index is 13.0. The maximum absolute atomic E-state index is 13.0. The Morgan fingerprint density at radius 2 is 1.79 bits per heavy atom. The lowest BCUT2D eigenvalue weighted by atomic mass is 9.92. The zero-order valence-corrected chi connectivity index (χ0v) is 21.3. The van der Waals surface area contributed by atoms with E-state index in [9.17, 15) is 14.4 Å². The zero-order valence-electron chi connectivity index (χ0n) is 21.3. The third kappa shape index (κ3) is 7.90. The second-order valence-electron chi connectivity index (χ2n) is 9.70. The van der Waals surface area contributed by atoms with Crippen LogP contribution in [0.1, 0.15) is 52.8 Å². The third-order valence-electron chi connectivity index (χ3n) is 4.92. The minimum absolute atomic E-state index is 0.131. The highest BCUT2D eigenvalue weighted by Crippen LogP contribution is 2.26. The fraction of sp³-hybridized carbons (Fsp3) is 0.520. The number of amides is 3. The summed E-state index contributed by atoms with van der Waals surface area (Å²) < 4.78 is 6.54. The first-order valence-electron chi connectivity index (χ1n) is 11.6. The third-order valence-corrected chi connectivity index (χ3v) is 4.92. The van der Waals surface area contributed by atoms with Crippen molar-refractivity contribution in [2.45, 2.75) is 53.9 Å². The zero-order chi connectivity index (χ0) is 25.5. The molecule has 2 aromatic rings. The number of nitrogens with one attached hydrogen (secondary N) is 2. The van der Waals surface area contributed by atoms with Gasteiger partial charge >= 0.3 is 12.0 Å². The predicted octanol–water partition coefficient (Wildman–Crippen LogP) is 3.65. The molecule has 0 aliphatic heterocycles. The molecule has 0 bridgehead atoms. The molecule has 34 heavy (non-hydrogen) atoms. The first kappa shape index (κ1) is 26.9. The SMILES string of the molecule is CCOC(=O)CNC(=O)N(CC(=O)Nc1cc(C(C)(C)C)nn1-c1ccc(C)cc1)CC(C)C. The minimum Gasteiger partial charge on any atom is -0.465 e. The highest BCUT2D eigenvalue weighted by Gasteiger charge is 2.23. The Bertz CT molecular complexity index is 990. The number of aromatic nitrogens is 2. The molecule has 9 nitrogen and oxygen atoms in total. The Morgan fingerprint density at radius 3 is 2.35 bits per heavy atom. The molecular formula is C25H37N5O4. The molecule has 186 valence electrons. The molecule has 0 fully saturated rings. The monoisotopic (exact) mass is 471 g/mol. The van der Waals surface area contributed by atoms with Gasteiger partial charge in [-0.2, -0.15) is 5.10 Å². The molecule has 0 unspecified atom stereocenters. The van der Waals surface area contributed by atoms with E-state index in [1.54, 1.807) is 11.6 Å². The van der Waals surface area contributed by atoms with Crippen molar-refractivity contribution in [3.63, 3.8) is 0 Å². The van der Waals surface area contributed by atoms with Crippen molar-refractivity contribution >= 4 is 23.7 Å². The summed E-state index contributed by atoms with van der Waals surface area (Å²) in [7, 11) is 0. The number of aryl methyl sites for hydroxylation is 1. The van der Waals surface area contributed by atoms with Gasteiger partial charge in [0.2, 0.25) is 5.91 Å². The number of esters is 1. The molecule has 0 radical (unpaired) electrons. The molecule has 0 saturated carbocycles. The molecule has 0 atom stereocenters. The second-order valence-corrected chi connectivity index (χ2v) is 9.70. The summed E-state index contributed by atoms with van der Waals surface area (Å²) in [6, 6.07) is 9.21. The van der Waals surface area contributed by atoms with Gasteiger partial charge in [-0.25, -0.2) is 9.48 Å². The number of hydrogen-bond donors (Lipinski definition) is 2.